The van der Waals surface area contributed by atoms with E-state index in [4.69, 9.17) is 14.6 Å². The highest BCUT2D eigenvalue weighted by molar-refractivity contribution is 8.00. The lowest BCUT2D eigenvalue weighted by molar-refractivity contribution is -0.128. The number of methoxy groups -OCH3 is 2. The Morgan fingerprint density at radius 2 is 1.86 bits per heavy atom. The van der Waals surface area contributed by atoms with Gasteiger partial charge in [0.2, 0.25) is 15.9 Å². The summed E-state index contributed by atoms with van der Waals surface area (Å²) in [5, 5.41) is 4.96. The number of rotatable bonds is 7. The maximum atomic E-state index is 12.5. The van der Waals surface area contributed by atoms with E-state index in [9.17, 15) is 13.2 Å². The third kappa shape index (κ3) is 4.43. The van der Waals surface area contributed by atoms with Crippen LogP contribution in [-0.4, -0.2) is 45.7 Å². The minimum absolute atomic E-state index is 0.0565. The summed E-state index contributed by atoms with van der Waals surface area (Å²) in [6.07, 6.45) is 0.597. The first kappa shape index (κ1) is 20.5. The molecule has 1 atom stereocenters. The molecule has 150 valence electrons. The molecule has 2 aromatic carbocycles. The lowest BCUT2D eigenvalue weighted by Gasteiger charge is -2.26. The van der Waals surface area contributed by atoms with Gasteiger partial charge in [0.15, 0.2) is 0 Å². The second kappa shape index (κ2) is 8.42. The first-order valence-corrected chi connectivity index (χ1v) is 11.2. The van der Waals surface area contributed by atoms with Crippen LogP contribution in [0.1, 0.15) is 16.5 Å². The van der Waals surface area contributed by atoms with Gasteiger partial charge in [-0.15, -0.1) is 11.8 Å². The van der Waals surface area contributed by atoms with E-state index >= 15 is 0 Å². The molecule has 1 unspecified atom stereocenters. The van der Waals surface area contributed by atoms with E-state index in [1.165, 1.54) is 12.1 Å². The molecule has 0 aliphatic carbocycles. The summed E-state index contributed by atoms with van der Waals surface area (Å²) in [5.41, 5.74) is 1.82. The van der Waals surface area contributed by atoms with Gasteiger partial charge in [0.25, 0.3) is 0 Å². The molecule has 1 aliphatic rings. The van der Waals surface area contributed by atoms with Crippen LogP contribution in [0.2, 0.25) is 0 Å². The number of nitrogens with two attached hydrogens (primary N) is 1. The van der Waals surface area contributed by atoms with Crippen molar-refractivity contribution < 1.29 is 22.7 Å². The molecule has 1 heterocycles. The van der Waals surface area contributed by atoms with Gasteiger partial charge in [-0.1, -0.05) is 12.1 Å². The summed E-state index contributed by atoms with van der Waals surface area (Å²) in [6, 6.07) is 11.9. The maximum absolute atomic E-state index is 12.5. The van der Waals surface area contributed by atoms with Gasteiger partial charge in [0, 0.05) is 12.1 Å². The van der Waals surface area contributed by atoms with Crippen LogP contribution in [0.3, 0.4) is 0 Å². The summed E-state index contributed by atoms with van der Waals surface area (Å²) in [7, 11) is -0.512. The van der Waals surface area contributed by atoms with Gasteiger partial charge < -0.3 is 14.4 Å². The van der Waals surface area contributed by atoms with Crippen molar-refractivity contribution in [2.24, 2.45) is 5.14 Å². The van der Waals surface area contributed by atoms with Crippen molar-refractivity contribution in [3.05, 3.63) is 53.6 Å². The average molecular weight is 423 g/mol. The number of hydrogen-bond donors (Lipinski definition) is 1. The molecular weight excluding hydrogens is 400 g/mol. The third-order valence-corrected chi connectivity index (χ3v) is 6.73. The Labute approximate surface area is 168 Å². The number of carbonyl (C=O) groups excluding carboxylic acids is 1. The molecule has 2 aromatic rings. The molecule has 1 aliphatic heterocycles. The van der Waals surface area contributed by atoms with E-state index in [2.05, 4.69) is 0 Å². The second-order valence-electron chi connectivity index (χ2n) is 6.30. The van der Waals surface area contributed by atoms with Crippen molar-refractivity contribution in [1.82, 2.24) is 4.90 Å². The minimum atomic E-state index is -3.71. The van der Waals surface area contributed by atoms with Crippen LogP contribution in [0.15, 0.2) is 47.4 Å². The number of nitrogens with zero attached hydrogens (tertiary/aromatic N) is 1. The van der Waals surface area contributed by atoms with Crippen molar-refractivity contribution in [3.63, 3.8) is 0 Å². The van der Waals surface area contributed by atoms with E-state index < -0.39 is 10.0 Å². The molecule has 28 heavy (non-hydrogen) atoms. The number of thioether (sulfide) groups is 1. The molecule has 2 N–H and O–H groups in total. The van der Waals surface area contributed by atoms with Gasteiger partial charge in [-0.25, -0.2) is 13.6 Å². The molecule has 1 saturated heterocycles. The van der Waals surface area contributed by atoms with Crippen LogP contribution in [0.25, 0.3) is 0 Å². The van der Waals surface area contributed by atoms with Gasteiger partial charge in [-0.05, 0) is 42.3 Å². The summed E-state index contributed by atoms with van der Waals surface area (Å²) < 4.78 is 33.5. The molecule has 1 fully saturated rings. The number of hydrogen-bond acceptors (Lipinski definition) is 6. The SMILES string of the molecule is COc1ccc(OC)c(C2SCC(=O)N2CCc2ccc(S(N)(=O)=O)cc2)c1. The van der Waals surface area contributed by atoms with Crippen LogP contribution >= 0.6 is 11.8 Å². The molecule has 0 aromatic heterocycles. The standard InChI is InChI=1S/C19H22N2O5S2/c1-25-14-5-8-17(26-2)16(11-14)19-21(18(22)12-27-19)10-9-13-3-6-15(7-4-13)28(20,23)24/h3-8,11,19H,9-10,12H2,1-2H3,(H2,20,23,24). The van der Waals surface area contributed by atoms with E-state index in [0.717, 1.165) is 11.1 Å². The normalized spacial score (nSPS) is 17.0. The molecule has 0 saturated carbocycles. The number of primary sulfonamides is 1. The molecule has 9 heteroatoms. The average Bonchev–Trinajstić information content (AvgIpc) is 3.05. The van der Waals surface area contributed by atoms with Crippen molar-refractivity contribution in [3.8, 4) is 11.5 Å². The Morgan fingerprint density at radius 1 is 1.14 bits per heavy atom. The van der Waals surface area contributed by atoms with Gasteiger partial charge in [-0.2, -0.15) is 0 Å². The van der Waals surface area contributed by atoms with Crippen molar-refractivity contribution >= 4 is 27.7 Å². The Morgan fingerprint density at radius 3 is 2.46 bits per heavy atom. The first-order chi connectivity index (χ1) is 13.3. The highest BCUT2D eigenvalue weighted by Crippen LogP contribution is 2.43. The summed E-state index contributed by atoms with van der Waals surface area (Å²) in [4.78, 5) is 14.3. The number of amides is 1. The second-order valence-corrected chi connectivity index (χ2v) is 8.93. The van der Waals surface area contributed by atoms with E-state index in [0.29, 0.717) is 30.2 Å². The van der Waals surface area contributed by atoms with E-state index in [-0.39, 0.29) is 16.2 Å². The fourth-order valence-electron chi connectivity index (χ4n) is 3.08. The minimum Gasteiger partial charge on any atom is -0.497 e. The monoisotopic (exact) mass is 422 g/mol. The van der Waals surface area contributed by atoms with Crippen LogP contribution in [-0.2, 0) is 21.2 Å². The first-order valence-electron chi connectivity index (χ1n) is 8.58. The predicted molar refractivity (Wildman–Crippen MR) is 108 cm³/mol. The largest absolute Gasteiger partial charge is 0.497 e. The summed E-state index contributed by atoms with van der Waals surface area (Å²) in [6.45, 7) is 0.506. The Hall–Kier alpha value is -2.23. The molecule has 0 bridgehead atoms. The van der Waals surface area contributed by atoms with Gasteiger partial charge in [-0.3, -0.25) is 4.79 Å². The Bertz CT molecular complexity index is 961. The van der Waals surface area contributed by atoms with Gasteiger partial charge >= 0.3 is 0 Å². The fraction of sp³-hybridized carbons (Fsp3) is 0.316. The van der Waals surface area contributed by atoms with E-state index in [1.807, 2.05) is 23.1 Å². The predicted octanol–water partition coefficient (Wildman–Crippen LogP) is 2.17. The molecule has 1 amide bonds. The summed E-state index contributed by atoms with van der Waals surface area (Å²) >= 11 is 1.55. The van der Waals surface area contributed by atoms with Gasteiger partial charge in [0.05, 0.1) is 24.9 Å². The number of sulfonamides is 1. The lowest BCUT2D eigenvalue weighted by Crippen LogP contribution is -2.30. The van der Waals surface area contributed by atoms with Crippen LogP contribution in [0.5, 0.6) is 11.5 Å². The van der Waals surface area contributed by atoms with Crippen molar-refractivity contribution in [1.29, 1.82) is 0 Å². The Balaban J connectivity index is 1.78. The van der Waals surface area contributed by atoms with E-state index in [1.54, 1.807) is 38.1 Å². The van der Waals surface area contributed by atoms with Crippen molar-refractivity contribution in [2.75, 3.05) is 26.5 Å². The smallest absolute Gasteiger partial charge is 0.238 e. The zero-order valence-corrected chi connectivity index (χ0v) is 17.3. The zero-order valence-electron chi connectivity index (χ0n) is 15.6. The highest BCUT2D eigenvalue weighted by Gasteiger charge is 2.34. The number of ether oxygens (including phenoxy) is 2. The quantitative estimate of drug-likeness (QED) is 0.734. The molecule has 3 rings (SSSR count). The van der Waals surface area contributed by atoms with Crippen LogP contribution in [0.4, 0.5) is 0 Å². The lowest BCUT2D eigenvalue weighted by atomic mass is 10.1. The molecule has 7 nitrogen and oxygen atoms in total. The van der Waals surface area contributed by atoms with Crippen molar-refractivity contribution in [2.45, 2.75) is 16.7 Å². The zero-order chi connectivity index (χ0) is 20.3. The highest BCUT2D eigenvalue weighted by atomic mass is 32.2. The summed E-state index contributed by atoms with van der Waals surface area (Å²) in [5.74, 6) is 1.86. The molecule has 0 radical (unpaired) electrons. The number of carbonyl (C=O) groups is 1. The number of benzene rings is 2. The molecular formula is C19H22N2O5S2. The topological polar surface area (TPSA) is 98.9 Å². The Kier molecular flexibility index (Phi) is 6.17. The van der Waals surface area contributed by atoms with Gasteiger partial charge in [0.1, 0.15) is 16.9 Å². The van der Waals surface area contributed by atoms with Crippen LogP contribution in [0, 0.1) is 0 Å². The fourth-order valence-corrected chi connectivity index (χ4v) is 4.83. The maximum Gasteiger partial charge on any atom is 0.238 e. The van der Waals surface area contributed by atoms with Crippen LogP contribution < -0.4 is 14.6 Å². The molecule has 0 spiro atoms. The third-order valence-electron chi connectivity index (χ3n) is 4.56.